The molecule has 2 rings (SSSR count). The lowest BCUT2D eigenvalue weighted by molar-refractivity contribution is -0.0315. The Kier molecular flexibility index (Phi) is 3.12. The molecule has 1 saturated carbocycles. The van der Waals surface area contributed by atoms with Crippen LogP contribution in [0.3, 0.4) is 0 Å². The van der Waals surface area contributed by atoms with Crippen LogP contribution in [0.1, 0.15) is 24.8 Å². The van der Waals surface area contributed by atoms with E-state index in [4.69, 9.17) is 0 Å². The highest BCUT2D eigenvalue weighted by Gasteiger charge is 2.33. The number of benzene rings is 1. The van der Waals surface area contributed by atoms with Crippen LogP contribution in [0.15, 0.2) is 18.2 Å². The summed E-state index contributed by atoms with van der Waals surface area (Å²) in [5.41, 5.74) is -0.0777. The second kappa shape index (κ2) is 4.39. The first-order valence-corrected chi connectivity index (χ1v) is 5.50. The number of para-hydroxylation sites is 1. The molecule has 1 aromatic carbocycles. The minimum absolute atomic E-state index is 0.310. The lowest BCUT2D eigenvalue weighted by Crippen LogP contribution is -2.45. The molecule has 4 heteroatoms. The van der Waals surface area contributed by atoms with Gasteiger partial charge in [-0.3, -0.25) is 0 Å². The number of rotatable bonds is 4. The quantitative estimate of drug-likeness (QED) is 0.728. The fourth-order valence-corrected chi connectivity index (χ4v) is 1.89. The molecule has 0 radical (unpaired) electrons. The molecule has 0 bridgehead atoms. The highest BCUT2D eigenvalue weighted by atomic mass is 19.1. The lowest BCUT2D eigenvalue weighted by Gasteiger charge is -2.36. The molecule has 1 aromatic rings. The average molecular weight is 225 g/mol. The van der Waals surface area contributed by atoms with Crippen LogP contribution in [0.4, 0.5) is 4.39 Å². The Morgan fingerprint density at radius 2 is 2.12 bits per heavy atom. The normalized spacial score (nSPS) is 18.1. The zero-order valence-corrected chi connectivity index (χ0v) is 9.04. The Balaban J connectivity index is 1.87. The summed E-state index contributed by atoms with van der Waals surface area (Å²) in [5, 5.41) is 22.3. The van der Waals surface area contributed by atoms with Crippen LogP contribution < -0.4 is 5.32 Å². The van der Waals surface area contributed by atoms with Crippen LogP contribution in [0.5, 0.6) is 5.75 Å². The molecule has 0 atom stereocenters. The van der Waals surface area contributed by atoms with Gasteiger partial charge in [0.1, 0.15) is 0 Å². The fourth-order valence-electron chi connectivity index (χ4n) is 1.89. The van der Waals surface area contributed by atoms with Crippen molar-refractivity contribution in [3.05, 3.63) is 29.6 Å². The number of hydrogen-bond donors (Lipinski definition) is 3. The molecule has 0 spiro atoms. The Labute approximate surface area is 93.9 Å². The van der Waals surface area contributed by atoms with Crippen molar-refractivity contribution in [2.24, 2.45) is 0 Å². The Bertz CT molecular complexity index is 377. The van der Waals surface area contributed by atoms with Gasteiger partial charge in [0, 0.05) is 18.7 Å². The van der Waals surface area contributed by atoms with E-state index in [1.807, 2.05) is 0 Å². The number of phenols is 1. The van der Waals surface area contributed by atoms with Crippen LogP contribution in [0.25, 0.3) is 0 Å². The molecule has 1 aliphatic carbocycles. The van der Waals surface area contributed by atoms with E-state index in [9.17, 15) is 14.6 Å². The highest BCUT2D eigenvalue weighted by Crippen LogP contribution is 2.30. The smallest absolute Gasteiger partial charge is 0.165 e. The molecule has 3 nitrogen and oxygen atoms in total. The van der Waals surface area contributed by atoms with Gasteiger partial charge in [-0.05, 0) is 25.3 Å². The van der Waals surface area contributed by atoms with E-state index in [0.717, 1.165) is 19.3 Å². The molecule has 88 valence electrons. The third-order valence-corrected chi connectivity index (χ3v) is 3.12. The van der Waals surface area contributed by atoms with Crippen molar-refractivity contribution in [3.8, 4) is 5.75 Å². The van der Waals surface area contributed by atoms with Gasteiger partial charge in [-0.1, -0.05) is 12.1 Å². The Morgan fingerprint density at radius 1 is 1.38 bits per heavy atom. The van der Waals surface area contributed by atoms with Gasteiger partial charge in [0.2, 0.25) is 0 Å². The second-order valence-corrected chi connectivity index (χ2v) is 4.43. The maximum Gasteiger partial charge on any atom is 0.165 e. The van der Waals surface area contributed by atoms with E-state index in [-0.39, 0.29) is 5.75 Å². The SMILES string of the molecule is Oc1c(F)cccc1CNCC1(O)CCC1. The molecule has 1 aliphatic rings. The Morgan fingerprint density at radius 3 is 2.75 bits per heavy atom. The molecule has 0 amide bonds. The fraction of sp³-hybridized carbons (Fsp3) is 0.500. The summed E-state index contributed by atoms with van der Waals surface area (Å²) < 4.78 is 13.0. The van der Waals surface area contributed by atoms with Crippen molar-refractivity contribution in [2.45, 2.75) is 31.4 Å². The predicted octanol–water partition coefficient (Wildman–Crippen LogP) is 1.54. The predicted molar refractivity (Wildman–Crippen MR) is 58.6 cm³/mol. The van der Waals surface area contributed by atoms with Crippen molar-refractivity contribution in [2.75, 3.05) is 6.54 Å². The molecule has 0 aliphatic heterocycles. The summed E-state index contributed by atoms with van der Waals surface area (Å²) >= 11 is 0. The van der Waals surface area contributed by atoms with Crippen LogP contribution in [0, 0.1) is 5.82 Å². The zero-order valence-electron chi connectivity index (χ0n) is 9.04. The van der Waals surface area contributed by atoms with Gasteiger partial charge in [0.15, 0.2) is 11.6 Å². The number of halogens is 1. The minimum Gasteiger partial charge on any atom is -0.505 e. The van der Waals surface area contributed by atoms with Crippen molar-refractivity contribution in [1.29, 1.82) is 0 Å². The first-order chi connectivity index (χ1) is 7.61. The highest BCUT2D eigenvalue weighted by molar-refractivity contribution is 5.33. The van der Waals surface area contributed by atoms with Gasteiger partial charge >= 0.3 is 0 Å². The first-order valence-electron chi connectivity index (χ1n) is 5.50. The zero-order chi connectivity index (χ0) is 11.6. The molecule has 0 aromatic heterocycles. The van der Waals surface area contributed by atoms with Gasteiger partial charge in [-0.2, -0.15) is 0 Å². The van der Waals surface area contributed by atoms with Crippen molar-refractivity contribution >= 4 is 0 Å². The third kappa shape index (κ3) is 2.33. The third-order valence-electron chi connectivity index (χ3n) is 3.12. The summed E-state index contributed by atoms with van der Waals surface area (Å²) in [5.74, 6) is -0.919. The largest absolute Gasteiger partial charge is 0.505 e. The summed E-state index contributed by atoms with van der Waals surface area (Å²) in [7, 11) is 0. The standard InChI is InChI=1S/C12H16FNO2/c13-10-4-1-3-9(11(10)15)7-14-8-12(16)5-2-6-12/h1,3-4,14-16H,2,5-8H2. The van der Waals surface area contributed by atoms with Crippen LogP contribution in [-0.2, 0) is 6.54 Å². The van der Waals surface area contributed by atoms with Gasteiger partial charge in [-0.15, -0.1) is 0 Å². The van der Waals surface area contributed by atoms with Gasteiger partial charge in [-0.25, -0.2) is 4.39 Å². The monoisotopic (exact) mass is 225 g/mol. The Hall–Kier alpha value is -1.13. The molecular formula is C12H16FNO2. The van der Waals surface area contributed by atoms with E-state index >= 15 is 0 Å². The molecule has 0 saturated heterocycles. The molecule has 0 heterocycles. The summed E-state index contributed by atoms with van der Waals surface area (Å²) in [6.07, 6.45) is 2.69. The molecule has 0 unspecified atom stereocenters. The van der Waals surface area contributed by atoms with Crippen LogP contribution >= 0.6 is 0 Å². The number of aromatic hydroxyl groups is 1. The molecule has 3 N–H and O–H groups in total. The number of hydrogen-bond acceptors (Lipinski definition) is 3. The topological polar surface area (TPSA) is 52.5 Å². The summed E-state index contributed by atoms with van der Waals surface area (Å²) in [4.78, 5) is 0. The van der Waals surface area contributed by atoms with Crippen LogP contribution in [-0.4, -0.2) is 22.4 Å². The van der Waals surface area contributed by atoms with E-state index in [2.05, 4.69) is 5.32 Å². The second-order valence-electron chi connectivity index (χ2n) is 4.43. The van der Waals surface area contributed by atoms with Gasteiger partial charge < -0.3 is 15.5 Å². The average Bonchev–Trinajstić information content (AvgIpc) is 2.22. The van der Waals surface area contributed by atoms with Crippen molar-refractivity contribution in [3.63, 3.8) is 0 Å². The molecule has 1 fully saturated rings. The van der Waals surface area contributed by atoms with E-state index in [1.165, 1.54) is 6.07 Å². The molecular weight excluding hydrogens is 209 g/mol. The minimum atomic E-state index is -0.610. The number of phenolic OH excluding ortho intramolecular Hbond substituents is 1. The lowest BCUT2D eigenvalue weighted by atomic mass is 9.80. The van der Waals surface area contributed by atoms with E-state index < -0.39 is 11.4 Å². The number of nitrogens with one attached hydrogen (secondary N) is 1. The van der Waals surface area contributed by atoms with Crippen LogP contribution in [0.2, 0.25) is 0 Å². The van der Waals surface area contributed by atoms with Gasteiger partial charge in [0.25, 0.3) is 0 Å². The van der Waals surface area contributed by atoms with E-state index in [0.29, 0.717) is 18.7 Å². The summed E-state index contributed by atoms with van der Waals surface area (Å²) in [6, 6.07) is 4.44. The maximum atomic E-state index is 13.0. The van der Waals surface area contributed by atoms with Crippen molar-refractivity contribution < 1.29 is 14.6 Å². The first kappa shape index (κ1) is 11.4. The van der Waals surface area contributed by atoms with Gasteiger partial charge in [0.05, 0.1) is 5.60 Å². The molecule has 16 heavy (non-hydrogen) atoms. The summed E-state index contributed by atoms with van der Waals surface area (Å²) in [6.45, 7) is 0.856. The van der Waals surface area contributed by atoms with E-state index in [1.54, 1.807) is 12.1 Å². The van der Waals surface area contributed by atoms with Crippen molar-refractivity contribution in [1.82, 2.24) is 5.32 Å². The maximum absolute atomic E-state index is 13.0. The number of aliphatic hydroxyl groups is 1.